The summed E-state index contributed by atoms with van der Waals surface area (Å²) in [5.41, 5.74) is 3.65. The molecule has 1 heterocycles. The lowest BCUT2D eigenvalue weighted by molar-refractivity contribution is -0.274. The van der Waals surface area contributed by atoms with Crippen LogP contribution in [0.25, 0.3) is 11.1 Å². The van der Waals surface area contributed by atoms with Crippen molar-refractivity contribution in [1.29, 1.82) is 0 Å². The highest BCUT2D eigenvalue weighted by Crippen LogP contribution is 2.32. The summed E-state index contributed by atoms with van der Waals surface area (Å²) in [6.07, 6.45) is -3.55. The molecule has 1 aliphatic rings. The first-order valence-corrected chi connectivity index (χ1v) is 15.7. The Morgan fingerprint density at radius 1 is 0.878 bits per heavy atom. The minimum atomic E-state index is -4.80. The number of amides is 3. The van der Waals surface area contributed by atoms with E-state index in [1.165, 1.54) is 31.4 Å². The normalized spacial score (nSPS) is 14.0. The number of methoxy groups -OCH3 is 1. The van der Waals surface area contributed by atoms with Crippen molar-refractivity contribution in [3.05, 3.63) is 114 Å². The van der Waals surface area contributed by atoms with Crippen molar-refractivity contribution in [2.75, 3.05) is 25.5 Å². The highest BCUT2D eigenvalue weighted by Gasteiger charge is 2.31. The van der Waals surface area contributed by atoms with Crippen LogP contribution in [0.4, 0.5) is 23.7 Å². The smallest absolute Gasteiger partial charge is 0.490 e. The lowest BCUT2D eigenvalue weighted by Gasteiger charge is -2.33. The molecule has 4 aromatic carbocycles. The van der Waals surface area contributed by atoms with Crippen LogP contribution >= 0.6 is 0 Å². The summed E-state index contributed by atoms with van der Waals surface area (Å²) < 4.78 is 53.0. The second-order valence-electron chi connectivity index (χ2n) is 11.6. The van der Waals surface area contributed by atoms with Crippen molar-refractivity contribution in [2.45, 2.75) is 44.7 Å². The Morgan fingerprint density at radius 2 is 1.57 bits per heavy atom. The van der Waals surface area contributed by atoms with E-state index in [4.69, 9.17) is 9.47 Å². The number of likely N-dealkylation sites (tertiary alicyclic amines) is 1. The first-order chi connectivity index (χ1) is 23.5. The molecule has 9 nitrogen and oxygen atoms in total. The number of nitrogens with zero attached hydrogens (tertiary/aromatic N) is 1. The average Bonchev–Trinajstić information content (AvgIpc) is 3.08. The standard InChI is InChI=1S/C37H36F3N3O6/c1-24-8-6-13-31(33(24)26-14-16-29(17-15-26)49-37(38,39)40)34(44)41-27-11-7-12-30(23-27)48-28-18-20-43(21-19-28)36(46)42-32(35(45)47-2)22-25-9-4-3-5-10-25/h3-17,23,28,32H,18-22H2,1-2H3,(H,41,44)(H,42,46). The molecule has 0 aromatic heterocycles. The van der Waals surface area contributed by atoms with Gasteiger partial charge in [0, 0.05) is 49.7 Å². The molecule has 1 fully saturated rings. The van der Waals surface area contributed by atoms with Gasteiger partial charge in [-0.15, -0.1) is 13.2 Å². The number of rotatable bonds is 10. The van der Waals surface area contributed by atoms with E-state index in [1.54, 1.807) is 41.3 Å². The predicted molar refractivity (Wildman–Crippen MR) is 177 cm³/mol. The van der Waals surface area contributed by atoms with E-state index in [1.807, 2.05) is 43.3 Å². The predicted octanol–water partition coefficient (Wildman–Crippen LogP) is 7.15. The number of carbonyl (C=O) groups excluding carboxylic acids is 3. The molecule has 3 amide bonds. The summed E-state index contributed by atoms with van der Waals surface area (Å²) in [7, 11) is 1.29. The van der Waals surface area contributed by atoms with Crippen LogP contribution in [0, 0.1) is 6.92 Å². The number of benzene rings is 4. The highest BCUT2D eigenvalue weighted by atomic mass is 19.4. The van der Waals surface area contributed by atoms with Crippen LogP contribution in [-0.2, 0) is 16.0 Å². The van der Waals surface area contributed by atoms with Crippen molar-refractivity contribution in [1.82, 2.24) is 10.2 Å². The van der Waals surface area contributed by atoms with E-state index >= 15 is 0 Å². The van der Waals surface area contributed by atoms with Crippen molar-refractivity contribution in [2.24, 2.45) is 0 Å². The fourth-order valence-electron chi connectivity index (χ4n) is 5.70. The molecule has 12 heteroatoms. The molecule has 0 saturated carbocycles. The topological polar surface area (TPSA) is 106 Å². The van der Waals surface area contributed by atoms with E-state index < -0.39 is 24.3 Å². The fraction of sp³-hybridized carbons (Fsp3) is 0.270. The average molecular weight is 676 g/mol. The third-order valence-corrected chi connectivity index (χ3v) is 8.08. The molecule has 1 saturated heterocycles. The second kappa shape index (κ2) is 15.6. The number of aryl methyl sites for hydroxylation is 1. The molecule has 0 bridgehead atoms. The molecular formula is C37H36F3N3O6. The summed E-state index contributed by atoms with van der Waals surface area (Å²) in [5, 5.41) is 5.70. The highest BCUT2D eigenvalue weighted by molar-refractivity contribution is 6.09. The van der Waals surface area contributed by atoms with E-state index in [0.717, 1.165) is 11.1 Å². The molecule has 1 aliphatic heterocycles. The molecule has 1 unspecified atom stereocenters. The van der Waals surface area contributed by atoms with E-state index in [-0.39, 0.29) is 17.9 Å². The van der Waals surface area contributed by atoms with Gasteiger partial charge >= 0.3 is 18.4 Å². The number of hydrogen-bond acceptors (Lipinski definition) is 6. The SMILES string of the molecule is COC(=O)C(Cc1ccccc1)NC(=O)N1CCC(Oc2cccc(NC(=O)c3cccc(C)c3-c3ccc(OC(F)(F)F)cc3)c2)CC1. The van der Waals surface area contributed by atoms with Gasteiger partial charge < -0.3 is 29.7 Å². The number of piperidine rings is 1. The largest absolute Gasteiger partial charge is 0.573 e. The number of anilines is 1. The fourth-order valence-corrected chi connectivity index (χ4v) is 5.70. The molecule has 5 rings (SSSR count). The Hall–Kier alpha value is -5.52. The minimum Gasteiger partial charge on any atom is -0.490 e. The summed E-state index contributed by atoms with van der Waals surface area (Å²) in [4.78, 5) is 40.5. The second-order valence-corrected chi connectivity index (χ2v) is 11.6. The van der Waals surface area contributed by atoms with Crippen molar-refractivity contribution in [3.8, 4) is 22.6 Å². The molecule has 49 heavy (non-hydrogen) atoms. The van der Waals surface area contributed by atoms with Crippen LogP contribution in [0.1, 0.15) is 34.3 Å². The number of hydrogen-bond donors (Lipinski definition) is 2. The molecule has 4 aromatic rings. The van der Waals surface area contributed by atoms with E-state index in [0.29, 0.717) is 60.5 Å². The van der Waals surface area contributed by atoms with Crippen LogP contribution in [0.15, 0.2) is 97.1 Å². The van der Waals surface area contributed by atoms with Crippen LogP contribution < -0.4 is 20.1 Å². The number of alkyl halides is 3. The molecule has 1 atom stereocenters. The Morgan fingerprint density at radius 3 is 2.24 bits per heavy atom. The Kier molecular flexibility index (Phi) is 11.1. The lowest BCUT2D eigenvalue weighted by atomic mass is 9.94. The summed E-state index contributed by atoms with van der Waals surface area (Å²) in [5.74, 6) is -0.732. The molecule has 0 aliphatic carbocycles. The molecule has 256 valence electrons. The van der Waals surface area contributed by atoms with Gasteiger partial charge in [0.05, 0.1) is 7.11 Å². The van der Waals surface area contributed by atoms with Gasteiger partial charge in [0.15, 0.2) is 0 Å². The molecule has 0 radical (unpaired) electrons. The molecule has 0 spiro atoms. The van der Waals surface area contributed by atoms with Crippen LogP contribution in [0.2, 0.25) is 0 Å². The maximum Gasteiger partial charge on any atom is 0.573 e. The summed E-state index contributed by atoms with van der Waals surface area (Å²) in [6.45, 7) is 2.66. The van der Waals surface area contributed by atoms with Crippen LogP contribution in [-0.4, -0.2) is 61.5 Å². The maximum absolute atomic E-state index is 13.5. The van der Waals surface area contributed by atoms with Gasteiger partial charge in [-0.1, -0.05) is 60.7 Å². The zero-order valence-corrected chi connectivity index (χ0v) is 27.0. The van der Waals surface area contributed by atoms with Gasteiger partial charge in [-0.25, -0.2) is 9.59 Å². The number of halogens is 3. The Balaban J connectivity index is 1.18. The number of nitrogens with one attached hydrogen (secondary N) is 2. The van der Waals surface area contributed by atoms with Crippen LogP contribution in [0.5, 0.6) is 11.5 Å². The van der Waals surface area contributed by atoms with Gasteiger partial charge in [0.25, 0.3) is 5.91 Å². The van der Waals surface area contributed by atoms with E-state index in [2.05, 4.69) is 15.4 Å². The minimum absolute atomic E-state index is 0.177. The number of esters is 1. The van der Waals surface area contributed by atoms with Gasteiger partial charge in [-0.3, -0.25) is 4.79 Å². The van der Waals surface area contributed by atoms with Gasteiger partial charge in [0.1, 0.15) is 23.6 Å². The Labute approximate surface area is 282 Å². The third-order valence-electron chi connectivity index (χ3n) is 8.08. The van der Waals surface area contributed by atoms with Gasteiger partial charge in [-0.2, -0.15) is 0 Å². The zero-order chi connectivity index (χ0) is 35.0. The first-order valence-electron chi connectivity index (χ1n) is 15.7. The van der Waals surface area contributed by atoms with Gasteiger partial charge in [-0.05, 0) is 59.5 Å². The van der Waals surface area contributed by atoms with E-state index in [9.17, 15) is 27.6 Å². The quantitative estimate of drug-likeness (QED) is 0.173. The molecule has 2 N–H and O–H groups in total. The zero-order valence-electron chi connectivity index (χ0n) is 27.0. The number of urea groups is 1. The molecular weight excluding hydrogens is 639 g/mol. The maximum atomic E-state index is 13.5. The monoisotopic (exact) mass is 675 g/mol. The lowest BCUT2D eigenvalue weighted by Crippen LogP contribution is -2.52. The van der Waals surface area contributed by atoms with Crippen LogP contribution in [0.3, 0.4) is 0 Å². The van der Waals surface area contributed by atoms with Gasteiger partial charge in [0.2, 0.25) is 0 Å². The first kappa shape index (κ1) is 34.8. The summed E-state index contributed by atoms with van der Waals surface area (Å²) in [6, 6.07) is 25.8. The van der Waals surface area contributed by atoms with Crippen molar-refractivity contribution < 1.29 is 41.8 Å². The number of carbonyl (C=O) groups is 3. The third kappa shape index (κ3) is 9.53. The van der Waals surface area contributed by atoms with Crippen molar-refractivity contribution >= 4 is 23.6 Å². The number of ether oxygens (including phenoxy) is 3. The van der Waals surface area contributed by atoms with Crippen molar-refractivity contribution in [3.63, 3.8) is 0 Å². The Bertz CT molecular complexity index is 1760. The summed E-state index contributed by atoms with van der Waals surface area (Å²) >= 11 is 0.